The number of hydrogen-bond donors (Lipinski definition) is 3. The van der Waals surface area contributed by atoms with Crippen molar-refractivity contribution in [1.29, 1.82) is 0 Å². The Kier molecular flexibility index (Phi) is 5.95. The lowest BCUT2D eigenvalue weighted by Crippen LogP contribution is -2.28. The van der Waals surface area contributed by atoms with Crippen molar-refractivity contribution < 1.29 is 9.59 Å². The number of carbonyl (C=O) groups is 2. The molecule has 136 valence electrons. The number of nitrogens with one attached hydrogen (secondary N) is 3. The molecule has 3 N–H and O–H groups in total. The molecule has 1 aliphatic carbocycles. The third kappa shape index (κ3) is 5.89. The third-order valence-electron chi connectivity index (χ3n) is 3.51. The Bertz CT molecular complexity index is 882. The summed E-state index contributed by atoms with van der Waals surface area (Å²) in [5.41, 5.74) is 0.617. The lowest BCUT2D eigenvalue weighted by Gasteiger charge is -2.06. The summed E-state index contributed by atoms with van der Waals surface area (Å²) in [6.45, 7) is 0. The Hall–Kier alpha value is -2.32. The Balaban J connectivity index is 1.55. The Morgan fingerprint density at radius 2 is 2.08 bits per heavy atom. The first-order valence-corrected chi connectivity index (χ1v) is 9.42. The molecule has 0 spiro atoms. The van der Waals surface area contributed by atoms with Crippen LogP contribution >= 0.6 is 23.4 Å². The highest BCUT2D eigenvalue weighted by atomic mass is 35.5. The fraction of sp³-hybridized carbons (Fsp3) is 0.294. The summed E-state index contributed by atoms with van der Waals surface area (Å²) in [5, 5.41) is 6.39. The molecular weight excluding hydrogens is 376 g/mol. The molecule has 1 aromatic carbocycles. The van der Waals surface area contributed by atoms with E-state index in [0.717, 1.165) is 24.6 Å². The number of nitrogens with zero attached hydrogens (tertiary/aromatic N) is 1. The third-order valence-corrected chi connectivity index (χ3v) is 4.61. The van der Waals surface area contributed by atoms with Gasteiger partial charge in [0, 0.05) is 22.8 Å². The molecule has 0 saturated heterocycles. The minimum Gasteiger partial charge on any atom is -0.353 e. The minimum atomic E-state index is -0.355. The standard InChI is InChI=1S/C17H17ClN4O3S/c18-10-2-1-3-12(6-10)20-16(25)9-26-17-21-13(8-15(24)22-17)7-14(23)19-11-4-5-11/h1-3,6,8,11H,4-5,7,9H2,(H,19,23)(H,20,25)(H,21,22,24). The molecule has 2 aromatic rings. The van der Waals surface area contributed by atoms with Gasteiger partial charge >= 0.3 is 0 Å². The summed E-state index contributed by atoms with van der Waals surface area (Å²) >= 11 is 6.96. The average molecular weight is 393 g/mol. The fourth-order valence-corrected chi connectivity index (χ4v) is 3.10. The summed E-state index contributed by atoms with van der Waals surface area (Å²) < 4.78 is 0. The van der Waals surface area contributed by atoms with Crippen molar-refractivity contribution in [3.8, 4) is 0 Å². The van der Waals surface area contributed by atoms with E-state index < -0.39 is 0 Å². The van der Waals surface area contributed by atoms with Crippen LogP contribution in [0.25, 0.3) is 0 Å². The number of amides is 2. The molecule has 7 nitrogen and oxygen atoms in total. The van der Waals surface area contributed by atoms with Crippen molar-refractivity contribution in [3.63, 3.8) is 0 Å². The molecule has 0 atom stereocenters. The molecule has 1 fully saturated rings. The first-order valence-electron chi connectivity index (χ1n) is 8.06. The van der Waals surface area contributed by atoms with Crippen LogP contribution in [0.5, 0.6) is 0 Å². The van der Waals surface area contributed by atoms with Crippen LogP contribution in [0.1, 0.15) is 18.5 Å². The smallest absolute Gasteiger partial charge is 0.251 e. The van der Waals surface area contributed by atoms with Crippen molar-refractivity contribution in [2.24, 2.45) is 0 Å². The number of aromatic amines is 1. The zero-order valence-electron chi connectivity index (χ0n) is 13.8. The SMILES string of the molecule is O=C(CSc1nc(CC(=O)NC2CC2)cc(=O)[nH]1)Nc1cccc(Cl)c1. The van der Waals surface area contributed by atoms with Crippen LogP contribution in [0.2, 0.25) is 5.02 Å². The lowest BCUT2D eigenvalue weighted by molar-refractivity contribution is -0.120. The number of rotatable bonds is 7. The van der Waals surface area contributed by atoms with E-state index >= 15 is 0 Å². The van der Waals surface area contributed by atoms with E-state index in [-0.39, 0.29) is 35.6 Å². The van der Waals surface area contributed by atoms with Crippen LogP contribution in [0.15, 0.2) is 40.3 Å². The normalized spacial score (nSPS) is 13.3. The maximum atomic E-state index is 12.0. The van der Waals surface area contributed by atoms with Gasteiger partial charge in [-0.1, -0.05) is 29.4 Å². The van der Waals surface area contributed by atoms with Crippen LogP contribution in [0.4, 0.5) is 5.69 Å². The second-order valence-electron chi connectivity index (χ2n) is 5.91. The highest BCUT2D eigenvalue weighted by molar-refractivity contribution is 7.99. The minimum absolute atomic E-state index is 0.0443. The van der Waals surface area contributed by atoms with Crippen LogP contribution in [-0.2, 0) is 16.0 Å². The molecule has 0 unspecified atom stereocenters. The number of halogens is 1. The van der Waals surface area contributed by atoms with E-state index in [4.69, 9.17) is 11.6 Å². The lowest BCUT2D eigenvalue weighted by atomic mass is 10.3. The fourth-order valence-electron chi connectivity index (χ4n) is 2.21. The van der Waals surface area contributed by atoms with Gasteiger partial charge in [0.1, 0.15) is 0 Å². The highest BCUT2D eigenvalue weighted by Crippen LogP contribution is 2.19. The van der Waals surface area contributed by atoms with Crippen molar-refractivity contribution in [2.75, 3.05) is 11.1 Å². The summed E-state index contributed by atoms with van der Waals surface area (Å²) in [4.78, 5) is 42.4. The molecule has 0 radical (unpaired) electrons. The predicted molar refractivity (Wildman–Crippen MR) is 101 cm³/mol. The Morgan fingerprint density at radius 3 is 2.81 bits per heavy atom. The van der Waals surface area contributed by atoms with Gasteiger partial charge in [-0.3, -0.25) is 14.4 Å². The van der Waals surface area contributed by atoms with Crippen molar-refractivity contribution in [2.45, 2.75) is 30.5 Å². The number of benzene rings is 1. The van der Waals surface area contributed by atoms with Gasteiger partial charge in [0.05, 0.1) is 17.9 Å². The Labute approximate surface area is 158 Å². The topological polar surface area (TPSA) is 104 Å². The van der Waals surface area contributed by atoms with E-state index in [1.54, 1.807) is 24.3 Å². The molecule has 0 aliphatic heterocycles. The van der Waals surface area contributed by atoms with E-state index in [9.17, 15) is 14.4 Å². The van der Waals surface area contributed by atoms with Crippen LogP contribution in [0, 0.1) is 0 Å². The van der Waals surface area contributed by atoms with E-state index in [0.29, 0.717) is 21.6 Å². The molecular formula is C17H17ClN4O3S. The first-order chi connectivity index (χ1) is 12.5. The zero-order valence-corrected chi connectivity index (χ0v) is 15.3. The molecule has 1 aromatic heterocycles. The van der Waals surface area contributed by atoms with Crippen molar-refractivity contribution in [3.05, 3.63) is 51.4 Å². The van der Waals surface area contributed by atoms with Gasteiger partial charge < -0.3 is 15.6 Å². The summed E-state index contributed by atoms with van der Waals surface area (Å²) in [6.07, 6.45) is 2.04. The maximum Gasteiger partial charge on any atom is 0.251 e. The van der Waals surface area contributed by atoms with E-state index in [2.05, 4.69) is 20.6 Å². The molecule has 26 heavy (non-hydrogen) atoms. The first kappa shape index (κ1) is 18.5. The van der Waals surface area contributed by atoms with Crippen LogP contribution in [-0.4, -0.2) is 33.6 Å². The molecule has 1 saturated carbocycles. The van der Waals surface area contributed by atoms with E-state index in [1.165, 1.54) is 6.07 Å². The van der Waals surface area contributed by atoms with Crippen LogP contribution < -0.4 is 16.2 Å². The highest BCUT2D eigenvalue weighted by Gasteiger charge is 2.23. The van der Waals surface area contributed by atoms with Gasteiger partial charge in [-0.05, 0) is 31.0 Å². The van der Waals surface area contributed by atoms with Gasteiger partial charge in [0.2, 0.25) is 11.8 Å². The Morgan fingerprint density at radius 1 is 1.27 bits per heavy atom. The van der Waals surface area contributed by atoms with Gasteiger partial charge in [-0.15, -0.1) is 0 Å². The molecule has 9 heteroatoms. The molecule has 1 heterocycles. The number of H-pyrrole nitrogens is 1. The second-order valence-corrected chi connectivity index (χ2v) is 7.31. The number of carbonyl (C=O) groups excluding carboxylic acids is 2. The largest absolute Gasteiger partial charge is 0.353 e. The zero-order chi connectivity index (χ0) is 18.5. The predicted octanol–water partition coefficient (Wildman–Crippen LogP) is 1.98. The molecule has 3 rings (SSSR count). The van der Waals surface area contributed by atoms with Crippen molar-refractivity contribution >= 4 is 40.9 Å². The van der Waals surface area contributed by atoms with Gasteiger partial charge in [-0.2, -0.15) is 0 Å². The molecule has 0 bridgehead atoms. The molecule has 1 aliphatic rings. The van der Waals surface area contributed by atoms with Gasteiger partial charge in [-0.25, -0.2) is 4.98 Å². The summed E-state index contributed by atoms with van der Waals surface area (Å²) in [6, 6.07) is 8.37. The number of thioether (sulfide) groups is 1. The average Bonchev–Trinajstić information content (AvgIpc) is 3.36. The van der Waals surface area contributed by atoms with E-state index in [1.807, 2.05) is 0 Å². The number of anilines is 1. The van der Waals surface area contributed by atoms with Crippen LogP contribution in [0.3, 0.4) is 0 Å². The quantitative estimate of drug-likeness (QED) is 0.493. The second kappa shape index (κ2) is 8.37. The monoisotopic (exact) mass is 392 g/mol. The summed E-state index contributed by atoms with van der Waals surface area (Å²) in [5.74, 6) is -0.343. The van der Waals surface area contributed by atoms with Crippen molar-refractivity contribution in [1.82, 2.24) is 15.3 Å². The number of hydrogen-bond acceptors (Lipinski definition) is 5. The van der Waals surface area contributed by atoms with Gasteiger partial charge in [0.25, 0.3) is 5.56 Å². The molecule has 2 amide bonds. The number of aromatic nitrogens is 2. The van der Waals surface area contributed by atoms with Gasteiger partial charge in [0.15, 0.2) is 5.16 Å². The summed E-state index contributed by atoms with van der Waals surface area (Å²) in [7, 11) is 0. The maximum absolute atomic E-state index is 12.0.